The third-order valence-corrected chi connectivity index (χ3v) is 3.69. The molecule has 0 saturated carbocycles. The molecule has 0 radical (unpaired) electrons. The van der Waals surface area contributed by atoms with Gasteiger partial charge in [-0.1, -0.05) is 6.92 Å². The molecule has 0 aromatic carbocycles. The summed E-state index contributed by atoms with van der Waals surface area (Å²) >= 11 is 0. The first-order chi connectivity index (χ1) is 9.21. The van der Waals surface area contributed by atoms with Crippen LogP contribution in [0.1, 0.15) is 31.7 Å². The molecule has 0 amide bonds. The van der Waals surface area contributed by atoms with Crippen molar-refractivity contribution < 1.29 is 5.11 Å². The average Bonchev–Trinajstić information content (AvgIpc) is 2.76. The van der Waals surface area contributed by atoms with E-state index in [2.05, 4.69) is 23.0 Å². The fourth-order valence-electron chi connectivity index (χ4n) is 2.50. The second kappa shape index (κ2) is 5.93. The Hall–Kier alpha value is -1.74. The van der Waals surface area contributed by atoms with Gasteiger partial charge in [-0.05, 0) is 25.2 Å². The number of nitriles is 1. The number of hydrogen-bond donors (Lipinski definition) is 2. The van der Waals surface area contributed by atoms with E-state index in [1.54, 1.807) is 4.68 Å². The zero-order valence-electron chi connectivity index (χ0n) is 11.3. The number of aryl methyl sites for hydroxylation is 1. The number of nitrogens with zero attached hydrogens (tertiary/aromatic N) is 4. The van der Waals surface area contributed by atoms with E-state index in [0.717, 1.165) is 38.9 Å². The molecule has 0 spiro atoms. The molecule has 0 aliphatic carbocycles. The van der Waals surface area contributed by atoms with E-state index in [4.69, 9.17) is 10.8 Å². The first-order valence-electron chi connectivity index (χ1n) is 6.83. The van der Waals surface area contributed by atoms with Crippen molar-refractivity contribution in [1.29, 1.82) is 5.26 Å². The second-order valence-corrected chi connectivity index (χ2v) is 5.03. The van der Waals surface area contributed by atoms with E-state index in [0.29, 0.717) is 23.1 Å². The van der Waals surface area contributed by atoms with Crippen LogP contribution in [0.2, 0.25) is 0 Å². The number of anilines is 2. The van der Waals surface area contributed by atoms with Crippen molar-refractivity contribution in [3.8, 4) is 6.07 Å². The van der Waals surface area contributed by atoms with Crippen molar-refractivity contribution in [2.24, 2.45) is 5.92 Å². The largest absolute Gasteiger partial charge is 0.396 e. The van der Waals surface area contributed by atoms with Crippen LogP contribution in [-0.2, 0) is 6.54 Å². The van der Waals surface area contributed by atoms with Crippen LogP contribution in [0.15, 0.2) is 0 Å². The highest BCUT2D eigenvalue weighted by atomic mass is 16.3. The van der Waals surface area contributed by atoms with Crippen LogP contribution in [-0.4, -0.2) is 34.6 Å². The molecule has 6 nitrogen and oxygen atoms in total. The van der Waals surface area contributed by atoms with Gasteiger partial charge in [0, 0.05) is 26.2 Å². The number of nitrogens with two attached hydrogens (primary N) is 1. The normalized spacial score (nSPS) is 16.6. The molecule has 0 atom stereocenters. The molecule has 19 heavy (non-hydrogen) atoms. The van der Waals surface area contributed by atoms with Crippen molar-refractivity contribution in [2.45, 2.75) is 32.7 Å². The third-order valence-electron chi connectivity index (χ3n) is 3.69. The number of piperidine rings is 1. The van der Waals surface area contributed by atoms with Gasteiger partial charge in [0.2, 0.25) is 0 Å². The summed E-state index contributed by atoms with van der Waals surface area (Å²) in [4.78, 5) is 2.10. The second-order valence-electron chi connectivity index (χ2n) is 5.03. The quantitative estimate of drug-likeness (QED) is 0.844. The number of aliphatic hydroxyl groups is 1. The molecule has 0 bridgehead atoms. The Kier molecular flexibility index (Phi) is 4.27. The van der Waals surface area contributed by atoms with E-state index in [9.17, 15) is 5.26 Å². The highest BCUT2D eigenvalue weighted by molar-refractivity contribution is 5.65. The van der Waals surface area contributed by atoms with Crippen molar-refractivity contribution in [3.63, 3.8) is 0 Å². The van der Waals surface area contributed by atoms with Crippen molar-refractivity contribution in [3.05, 3.63) is 5.56 Å². The predicted octanol–water partition coefficient (Wildman–Crippen LogP) is 0.956. The topological polar surface area (TPSA) is 91.1 Å². The molecular formula is C13H21N5O. The summed E-state index contributed by atoms with van der Waals surface area (Å²) in [6.07, 6.45) is 2.80. The molecule has 1 aromatic heterocycles. The first kappa shape index (κ1) is 13.7. The molecule has 6 heteroatoms. The van der Waals surface area contributed by atoms with Crippen molar-refractivity contribution >= 4 is 11.6 Å². The predicted molar refractivity (Wildman–Crippen MR) is 73.7 cm³/mol. The lowest BCUT2D eigenvalue weighted by Crippen LogP contribution is -2.35. The monoisotopic (exact) mass is 263 g/mol. The minimum Gasteiger partial charge on any atom is -0.396 e. The smallest absolute Gasteiger partial charge is 0.170 e. The summed E-state index contributed by atoms with van der Waals surface area (Å²) in [7, 11) is 0. The highest BCUT2D eigenvalue weighted by Gasteiger charge is 2.25. The molecule has 1 aliphatic heterocycles. The standard InChI is InChI=1S/C13H21N5O/c1-2-5-18-12(15)11(8-14)13(16-18)17-6-3-10(9-19)4-7-17/h10,19H,2-7,9,15H2,1H3. The van der Waals surface area contributed by atoms with E-state index in [1.165, 1.54) is 0 Å². The third kappa shape index (κ3) is 2.66. The molecule has 1 saturated heterocycles. The summed E-state index contributed by atoms with van der Waals surface area (Å²) in [6, 6.07) is 2.17. The molecule has 3 N–H and O–H groups in total. The van der Waals surface area contributed by atoms with Crippen LogP contribution < -0.4 is 10.6 Å². The number of nitrogen functional groups attached to an aromatic ring is 1. The summed E-state index contributed by atoms with van der Waals surface area (Å²) in [5.41, 5.74) is 6.45. The Morgan fingerprint density at radius 1 is 1.47 bits per heavy atom. The number of rotatable bonds is 4. The molecular weight excluding hydrogens is 242 g/mol. The van der Waals surface area contributed by atoms with Gasteiger partial charge < -0.3 is 15.7 Å². The SMILES string of the molecule is CCCn1nc(N2CCC(CO)CC2)c(C#N)c1N. The Morgan fingerprint density at radius 3 is 2.68 bits per heavy atom. The van der Waals surface area contributed by atoms with Gasteiger partial charge in [0.25, 0.3) is 0 Å². The van der Waals surface area contributed by atoms with Crippen LogP contribution in [0.4, 0.5) is 11.6 Å². The zero-order valence-corrected chi connectivity index (χ0v) is 11.3. The van der Waals surface area contributed by atoms with Crippen LogP contribution in [0.25, 0.3) is 0 Å². The fraction of sp³-hybridized carbons (Fsp3) is 0.692. The van der Waals surface area contributed by atoms with Crippen molar-refractivity contribution in [2.75, 3.05) is 30.3 Å². The maximum Gasteiger partial charge on any atom is 0.170 e. The lowest BCUT2D eigenvalue weighted by Gasteiger charge is -2.31. The number of aromatic nitrogens is 2. The summed E-state index contributed by atoms with van der Waals surface area (Å²) in [5.74, 6) is 1.53. The maximum atomic E-state index is 9.26. The lowest BCUT2D eigenvalue weighted by atomic mass is 9.98. The van der Waals surface area contributed by atoms with Crippen LogP contribution in [0.5, 0.6) is 0 Å². The Bertz CT molecular complexity index is 468. The molecule has 1 aromatic rings. The van der Waals surface area contributed by atoms with E-state index in [1.807, 2.05) is 0 Å². The Labute approximate surface area is 113 Å². The highest BCUT2D eigenvalue weighted by Crippen LogP contribution is 2.28. The van der Waals surface area contributed by atoms with Crippen LogP contribution in [0, 0.1) is 17.2 Å². The average molecular weight is 263 g/mol. The van der Waals surface area contributed by atoms with Gasteiger partial charge in [-0.15, -0.1) is 0 Å². The summed E-state index contributed by atoms with van der Waals surface area (Å²) < 4.78 is 1.71. The summed E-state index contributed by atoms with van der Waals surface area (Å²) in [5, 5.41) is 22.9. The fourth-order valence-corrected chi connectivity index (χ4v) is 2.50. The van der Waals surface area contributed by atoms with Crippen molar-refractivity contribution in [1.82, 2.24) is 9.78 Å². The van der Waals surface area contributed by atoms with E-state index in [-0.39, 0.29) is 6.61 Å². The lowest BCUT2D eigenvalue weighted by molar-refractivity contribution is 0.202. The van der Waals surface area contributed by atoms with E-state index >= 15 is 0 Å². The van der Waals surface area contributed by atoms with Gasteiger partial charge in [0.1, 0.15) is 17.5 Å². The van der Waals surface area contributed by atoms with Gasteiger partial charge in [0.05, 0.1) is 0 Å². The van der Waals surface area contributed by atoms with Gasteiger partial charge in [-0.3, -0.25) is 0 Å². The minimum absolute atomic E-state index is 0.241. The van der Waals surface area contributed by atoms with Gasteiger partial charge in [-0.25, -0.2) is 4.68 Å². The zero-order chi connectivity index (χ0) is 13.8. The molecule has 1 fully saturated rings. The van der Waals surface area contributed by atoms with Crippen LogP contribution in [0.3, 0.4) is 0 Å². The molecule has 104 valence electrons. The van der Waals surface area contributed by atoms with Gasteiger partial charge in [0.15, 0.2) is 5.82 Å². The molecule has 2 heterocycles. The number of hydrogen-bond acceptors (Lipinski definition) is 5. The molecule has 2 rings (SSSR count). The first-order valence-corrected chi connectivity index (χ1v) is 6.83. The molecule has 1 aliphatic rings. The number of aliphatic hydroxyl groups excluding tert-OH is 1. The maximum absolute atomic E-state index is 9.26. The Morgan fingerprint density at radius 2 is 2.16 bits per heavy atom. The van der Waals surface area contributed by atoms with Gasteiger partial charge in [-0.2, -0.15) is 10.4 Å². The Balaban J connectivity index is 2.20. The van der Waals surface area contributed by atoms with Crippen LogP contribution >= 0.6 is 0 Å². The van der Waals surface area contributed by atoms with E-state index < -0.39 is 0 Å². The minimum atomic E-state index is 0.241. The summed E-state index contributed by atoms with van der Waals surface area (Å²) in [6.45, 7) is 4.67. The van der Waals surface area contributed by atoms with Gasteiger partial charge >= 0.3 is 0 Å². The molecule has 0 unspecified atom stereocenters.